The van der Waals surface area contributed by atoms with E-state index in [-0.39, 0.29) is 11.8 Å². The third-order valence-corrected chi connectivity index (χ3v) is 6.29. The molecular weight excluding hydrogens is 392 g/mol. The van der Waals surface area contributed by atoms with E-state index in [1.54, 1.807) is 0 Å². The molecule has 1 atom stereocenters. The number of hydrogen-bond acceptors (Lipinski definition) is 6. The maximum atomic E-state index is 12.6. The molecule has 1 unspecified atom stereocenters. The van der Waals surface area contributed by atoms with Crippen LogP contribution in [-0.2, 0) is 16.1 Å². The van der Waals surface area contributed by atoms with Crippen molar-refractivity contribution in [3.8, 4) is 11.4 Å². The smallest absolute Gasteiger partial charge is 0.241 e. The monoisotopic (exact) mass is 426 g/mol. The van der Waals surface area contributed by atoms with Crippen LogP contribution < -0.4 is 5.32 Å². The first-order chi connectivity index (χ1) is 15.2. The van der Waals surface area contributed by atoms with E-state index in [4.69, 9.17) is 9.26 Å². The van der Waals surface area contributed by atoms with Gasteiger partial charge >= 0.3 is 0 Å². The topological polar surface area (TPSA) is 80.5 Å². The molecule has 1 N–H and O–H groups in total. The first kappa shape index (κ1) is 22.0. The van der Waals surface area contributed by atoms with Crippen LogP contribution in [0.3, 0.4) is 0 Å². The van der Waals surface area contributed by atoms with Crippen molar-refractivity contribution in [1.29, 1.82) is 0 Å². The molecule has 2 aromatic rings. The number of nitrogens with zero attached hydrogens (tertiary/aromatic N) is 3. The Balaban J connectivity index is 1.19. The van der Waals surface area contributed by atoms with Crippen molar-refractivity contribution < 1.29 is 14.1 Å². The van der Waals surface area contributed by atoms with Gasteiger partial charge in [-0.1, -0.05) is 47.8 Å². The molecule has 0 bridgehead atoms. The van der Waals surface area contributed by atoms with E-state index in [1.807, 2.05) is 24.3 Å². The minimum Gasteiger partial charge on any atom is -0.378 e. The average Bonchev–Trinajstić information content (AvgIpc) is 3.46. The maximum absolute atomic E-state index is 12.6. The number of benzene rings is 1. The number of nitrogens with one attached hydrogen (secondary N) is 1. The summed E-state index contributed by atoms with van der Waals surface area (Å²) in [6, 6.07) is 8.09. The van der Waals surface area contributed by atoms with Gasteiger partial charge in [0.2, 0.25) is 17.6 Å². The van der Waals surface area contributed by atoms with Gasteiger partial charge in [0, 0.05) is 25.3 Å². The highest BCUT2D eigenvalue weighted by Gasteiger charge is 2.26. The molecule has 1 aromatic carbocycles. The summed E-state index contributed by atoms with van der Waals surface area (Å²) >= 11 is 0. The van der Waals surface area contributed by atoms with Crippen LogP contribution in [0.1, 0.15) is 56.4 Å². The van der Waals surface area contributed by atoms with Crippen LogP contribution in [0.5, 0.6) is 0 Å². The largest absolute Gasteiger partial charge is 0.378 e. The number of carbonyl (C=O) groups is 1. The Morgan fingerprint density at radius 2 is 2.00 bits per heavy atom. The summed E-state index contributed by atoms with van der Waals surface area (Å²) in [7, 11) is 0. The molecule has 168 valence electrons. The summed E-state index contributed by atoms with van der Waals surface area (Å²) in [6.45, 7) is 5.73. The zero-order chi connectivity index (χ0) is 21.5. The first-order valence-corrected chi connectivity index (χ1v) is 11.7. The Morgan fingerprint density at radius 3 is 2.81 bits per heavy atom. The molecule has 31 heavy (non-hydrogen) atoms. The van der Waals surface area contributed by atoms with Crippen molar-refractivity contribution in [2.24, 2.45) is 5.92 Å². The van der Waals surface area contributed by atoms with Crippen molar-refractivity contribution in [2.75, 3.05) is 26.2 Å². The first-order valence-electron chi connectivity index (χ1n) is 11.7. The molecule has 1 saturated heterocycles. The van der Waals surface area contributed by atoms with E-state index in [9.17, 15) is 4.79 Å². The molecule has 2 aliphatic rings. The molecular formula is C24H34N4O3. The molecule has 0 radical (unpaired) electrons. The number of aryl methyl sites for hydroxylation is 1. The van der Waals surface area contributed by atoms with E-state index in [0.717, 1.165) is 44.5 Å². The van der Waals surface area contributed by atoms with Gasteiger partial charge in [-0.3, -0.25) is 9.69 Å². The van der Waals surface area contributed by atoms with Gasteiger partial charge in [-0.25, -0.2) is 0 Å². The van der Waals surface area contributed by atoms with Gasteiger partial charge in [0.1, 0.15) is 0 Å². The van der Waals surface area contributed by atoms with Crippen molar-refractivity contribution in [3.63, 3.8) is 0 Å². The average molecular weight is 427 g/mol. The van der Waals surface area contributed by atoms with Crippen LogP contribution in [0.15, 0.2) is 28.8 Å². The van der Waals surface area contributed by atoms with Crippen molar-refractivity contribution in [1.82, 2.24) is 20.4 Å². The number of hydrogen-bond donors (Lipinski definition) is 1. The van der Waals surface area contributed by atoms with E-state index < -0.39 is 0 Å². The second-order valence-corrected chi connectivity index (χ2v) is 8.87. The van der Waals surface area contributed by atoms with E-state index >= 15 is 0 Å². The predicted molar refractivity (Wildman–Crippen MR) is 118 cm³/mol. The fraction of sp³-hybridized carbons (Fsp3) is 0.625. The minimum atomic E-state index is 0.0176. The van der Waals surface area contributed by atoms with Crippen molar-refractivity contribution in [2.45, 2.75) is 64.5 Å². The highest BCUT2D eigenvalue weighted by atomic mass is 16.5. The third-order valence-electron chi connectivity index (χ3n) is 6.29. The van der Waals surface area contributed by atoms with Gasteiger partial charge in [0.05, 0.1) is 18.6 Å². The van der Waals surface area contributed by atoms with E-state index in [0.29, 0.717) is 30.9 Å². The lowest BCUT2D eigenvalue weighted by Gasteiger charge is -2.30. The molecule has 1 aromatic heterocycles. The lowest BCUT2D eigenvalue weighted by molar-refractivity contribution is -0.126. The Labute approximate surface area is 184 Å². The number of amides is 1. The molecule has 7 heteroatoms. The predicted octanol–water partition coefficient (Wildman–Crippen LogP) is 3.72. The molecule has 1 aliphatic heterocycles. The minimum absolute atomic E-state index is 0.0176. The number of ether oxygens (including phenoxy) is 1. The molecule has 2 fully saturated rings. The summed E-state index contributed by atoms with van der Waals surface area (Å²) in [5, 5.41) is 7.21. The Bertz CT molecular complexity index is 830. The van der Waals surface area contributed by atoms with Crippen LogP contribution >= 0.6 is 0 Å². The van der Waals surface area contributed by atoms with E-state index in [2.05, 4.69) is 27.3 Å². The van der Waals surface area contributed by atoms with Gasteiger partial charge < -0.3 is 14.6 Å². The second-order valence-electron chi connectivity index (χ2n) is 8.87. The fourth-order valence-electron chi connectivity index (χ4n) is 4.48. The van der Waals surface area contributed by atoms with Gasteiger partial charge in [-0.2, -0.15) is 4.98 Å². The normalized spacial score (nSPS) is 20.2. The molecule has 1 amide bonds. The molecule has 4 rings (SSSR count). The highest BCUT2D eigenvalue weighted by molar-refractivity contribution is 5.78. The zero-order valence-electron chi connectivity index (χ0n) is 18.5. The van der Waals surface area contributed by atoms with Gasteiger partial charge in [0.25, 0.3) is 0 Å². The lowest BCUT2D eigenvalue weighted by atomic mass is 9.97. The quantitative estimate of drug-likeness (QED) is 0.616. The third kappa shape index (κ3) is 6.37. The van der Waals surface area contributed by atoms with Crippen LogP contribution in [0.2, 0.25) is 0 Å². The summed E-state index contributed by atoms with van der Waals surface area (Å²) < 4.78 is 11.3. The lowest BCUT2D eigenvalue weighted by Crippen LogP contribution is -2.43. The maximum Gasteiger partial charge on any atom is 0.241 e. The van der Waals surface area contributed by atoms with Gasteiger partial charge in [-0.15, -0.1) is 0 Å². The number of rotatable bonds is 9. The van der Waals surface area contributed by atoms with Gasteiger partial charge in [0.15, 0.2) is 0 Å². The standard InChI is InChI=1S/C24H34N4O3/c1-18-9-11-19(12-10-18)23-26-22(31-27-23)17-28-14-4-6-20(16-28)24(29)25-13-5-15-30-21-7-2-3-8-21/h9-12,20-21H,2-8,13-17H2,1H3,(H,25,29). The molecule has 1 saturated carbocycles. The summed E-state index contributed by atoms with van der Waals surface area (Å²) in [4.78, 5) is 19.4. The summed E-state index contributed by atoms with van der Waals surface area (Å²) in [5.74, 6) is 1.38. The van der Waals surface area contributed by atoms with Crippen LogP contribution in [0.4, 0.5) is 0 Å². The zero-order valence-corrected chi connectivity index (χ0v) is 18.5. The molecule has 1 aliphatic carbocycles. The highest BCUT2D eigenvalue weighted by Crippen LogP contribution is 2.22. The number of likely N-dealkylation sites (tertiary alicyclic amines) is 1. The molecule has 0 spiro atoms. The summed E-state index contributed by atoms with van der Waals surface area (Å²) in [5.41, 5.74) is 2.15. The molecule has 7 nitrogen and oxygen atoms in total. The van der Waals surface area contributed by atoms with E-state index in [1.165, 1.54) is 31.2 Å². The SMILES string of the molecule is Cc1ccc(-c2noc(CN3CCCC(C(=O)NCCCOC4CCCC4)C3)n2)cc1. The second kappa shape index (κ2) is 10.9. The van der Waals surface area contributed by atoms with Gasteiger partial charge in [-0.05, 0) is 45.6 Å². The Morgan fingerprint density at radius 1 is 1.19 bits per heavy atom. The summed E-state index contributed by atoms with van der Waals surface area (Å²) in [6.07, 6.45) is 8.21. The molecule has 2 heterocycles. The number of piperidine rings is 1. The van der Waals surface area contributed by atoms with Crippen molar-refractivity contribution in [3.05, 3.63) is 35.7 Å². The van der Waals surface area contributed by atoms with Crippen LogP contribution in [-0.4, -0.2) is 53.3 Å². The number of carbonyl (C=O) groups excluding carboxylic acids is 1. The number of aromatic nitrogens is 2. The van der Waals surface area contributed by atoms with Crippen LogP contribution in [0.25, 0.3) is 11.4 Å². The Kier molecular flexibility index (Phi) is 7.70. The van der Waals surface area contributed by atoms with Crippen LogP contribution in [0, 0.1) is 12.8 Å². The Hall–Kier alpha value is -2.25. The van der Waals surface area contributed by atoms with Crippen molar-refractivity contribution >= 4 is 5.91 Å². The fourth-order valence-corrected chi connectivity index (χ4v) is 4.48.